The zero-order valence-corrected chi connectivity index (χ0v) is 10.3. The van der Waals surface area contributed by atoms with E-state index in [4.69, 9.17) is 9.84 Å². The van der Waals surface area contributed by atoms with Gasteiger partial charge in [-0.2, -0.15) is 0 Å². The maximum Gasteiger partial charge on any atom is 0.332 e. The van der Waals surface area contributed by atoms with Gasteiger partial charge in [-0.25, -0.2) is 4.79 Å². The lowest BCUT2D eigenvalue weighted by molar-refractivity contribution is -0.149. The van der Waals surface area contributed by atoms with E-state index in [1.54, 1.807) is 0 Å². The lowest BCUT2D eigenvalue weighted by Gasteiger charge is -2.24. The van der Waals surface area contributed by atoms with Crippen LogP contribution in [-0.2, 0) is 9.53 Å². The van der Waals surface area contributed by atoms with Gasteiger partial charge in [0.1, 0.15) is 0 Å². The second-order valence-corrected chi connectivity index (χ2v) is 4.46. The Hall–Kier alpha value is -0.610. The summed E-state index contributed by atoms with van der Waals surface area (Å²) in [4.78, 5) is 13.1. The molecular formula is C12H23NO3. The summed E-state index contributed by atoms with van der Waals surface area (Å²) in [6.07, 6.45) is 3.34. The molecule has 0 saturated carbocycles. The molecule has 1 fully saturated rings. The zero-order valence-electron chi connectivity index (χ0n) is 10.3. The molecule has 1 aliphatic heterocycles. The molecule has 1 heterocycles. The van der Waals surface area contributed by atoms with Gasteiger partial charge in [0.15, 0.2) is 6.10 Å². The fraction of sp³-hybridized carbons (Fsp3) is 0.917. The van der Waals surface area contributed by atoms with Crippen molar-refractivity contribution in [2.75, 3.05) is 19.6 Å². The van der Waals surface area contributed by atoms with E-state index >= 15 is 0 Å². The summed E-state index contributed by atoms with van der Waals surface area (Å²) in [6, 6.07) is 0. The third kappa shape index (κ3) is 4.10. The van der Waals surface area contributed by atoms with E-state index in [1.807, 2.05) is 0 Å². The summed E-state index contributed by atoms with van der Waals surface area (Å²) in [5.74, 6) is -0.819. The van der Waals surface area contributed by atoms with Crippen LogP contribution in [0.25, 0.3) is 0 Å². The van der Waals surface area contributed by atoms with Crippen molar-refractivity contribution in [2.24, 2.45) is 0 Å². The van der Waals surface area contributed by atoms with Crippen LogP contribution in [0.4, 0.5) is 0 Å². The molecule has 0 amide bonds. The van der Waals surface area contributed by atoms with Crippen LogP contribution in [0.2, 0.25) is 0 Å². The fourth-order valence-electron chi connectivity index (χ4n) is 2.24. The first-order valence-electron chi connectivity index (χ1n) is 6.28. The van der Waals surface area contributed by atoms with E-state index in [0.717, 1.165) is 38.9 Å². The van der Waals surface area contributed by atoms with Crippen molar-refractivity contribution in [2.45, 2.75) is 51.7 Å². The Morgan fingerprint density at radius 3 is 2.38 bits per heavy atom. The monoisotopic (exact) mass is 229 g/mol. The Morgan fingerprint density at radius 1 is 1.31 bits per heavy atom. The summed E-state index contributed by atoms with van der Waals surface area (Å²) in [5, 5.41) is 8.83. The minimum Gasteiger partial charge on any atom is -0.479 e. The standard InChI is InChI=1S/C12H23NO3/c1-3-7-13(8-4-2)9-10-5-6-11(16-10)12(14)15/h10-11H,3-9H2,1-2H3,(H,14,15)/t10-,11+/m1/s1. The molecule has 0 aromatic heterocycles. The molecule has 2 atom stereocenters. The molecule has 0 spiro atoms. The van der Waals surface area contributed by atoms with E-state index in [0.29, 0.717) is 6.42 Å². The van der Waals surface area contributed by atoms with Crippen molar-refractivity contribution in [1.29, 1.82) is 0 Å². The highest BCUT2D eigenvalue weighted by molar-refractivity contribution is 5.72. The minimum absolute atomic E-state index is 0.110. The number of ether oxygens (including phenoxy) is 1. The predicted octanol–water partition coefficient (Wildman–Crippen LogP) is 1.74. The Morgan fingerprint density at radius 2 is 1.94 bits per heavy atom. The number of carboxylic acids is 1. The molecule has 0 aromatic rings. The maximum atomic E-state index is 10.7. The minimum atomic E-state index is -0.819. The number of rotatable bonds is 7. The normalized spacial score (nSPS) is 25.2. The average Bonchev–Trinajstić information content (AvgIpc) is 2.67. The van der Waals surface area contributed by atoms with Gasteiger partial charge in [0, 0.05) is 6.54 Å². The molecular weight excluding hydrogens is 206 g/mol. The zero-order chi connectivity index (χ0) is 12.0. The lowest BCUT2D eigenvalue weighted by Crippen LogP contribution is -2.34. The van der Waals surface area contributed by atoms with Crippen molar-refractivity contribution in [3.8, 4) is 0 Å². The lowest BCUT2D eigenvalue weighted by atomic mass is 10.2. The largest absolute Gasteiger partial charge is 0.479 e. The summed E-state index contributed by atoms with van der Waals surface area (Å²) in [5.41, 5.74) is 0. The van der Waals surface area contributed by atoms with E-state index in [1.165, 1.54) is 0 Å². The molecule has 1 N–H and O–H groups in total. The van der Waals surface area contributed by atoms with Crippen LogP contribution in [0.1, 0.15) is 39.5 Å². The van der Waals surface area contributed by atoms with Gasteiger partial charge < -0.3 is 14.7 Å². The number of carboxylic acid groups (broad SMARTS) is 1. The van der Waals surface area contributed by atoms with E-state index in [-0.39, 0.29) is 6.10 Å². The average molecular weight is 229 g/mol. The molecule has 0 aliphatic carbocycles. The highest BCUT2D eigenvalue weighted by Crippen LogP contribution is 2.20. The van der Waals surface area contributed by atoms with Gasteiger partial charge in [-0.05, 0) is 38.8 Å². The molecule has 0 bridgehead atoms. The number of nitrogens with zero attached hydrogens (tertiary/aromatic N) is 1. The topological polar surface area (TPSA) is 49.8 Å². The second-order valence-electron chi connectivity index (χ2n) is 4.46. The molecule has 1 saturated heterocycles. The van der Waals surface area contributed by atoms with Crippen molar-refractivity contribution in [3.05, 3.63) is 0 Å². The fourth-order valence-corrected chi connectivity index (χ4v) is 2.24. The Labute approximate surface area is 97.6 Å². The maximum absolute atomic E-state index is 10.7. The first kappa shape index (κ1) is 13.5. The summed E-state index contributed by atoms with van der Waals surface area (Å²) < 4.78 is 5.50. The Kier molecular flexibility index (Phi) is 5.77. The number of hydrogen-bond donors (Lipinski definition) is 1. The van der Waals surface area contributed by atoms with Crippen LogP contribution < -0.4 is 0 Å². The van der Waals surface area contributed by atoms with E-state index in [2.05, 4.69) is 18.7 Å². The van der Waals surface area contributed by atoms with Gasteiger partial charge in [0.25, 0.3) is 0 Å². The van der Waals surface area contributed by atoms with Crippen LogP contribution in [0.15, 0.2) is 0 Å². The van der Waals surface area contributed by atoms with Gasteiger partial charge in [-0.15, -0.1) is 0 Å². The van der Waals surface area contributed by atoms with Crippen LogP contribution in [0, 0.1) is 0 Å². The highest BCUT2D eigenvalue weighted by Gasteiger charge is 2.31. The predicted molar refractivity (Wildman–Crippen MR) is 62.6 cm³/mol. The first-order valence-corrected chi connectivity index (χ1v) is 6.28. The number of carbonyl (C=O) groups is 1. The van der Waals surface area contributed by atoms with Gasteiger partial charge in [-0.3, -0.25) is 0 Å². The molecule has 16 heavy (non-hydrogen) atoms. The van der Waals surface area contributed by atoms with Crippen LogP contribution in [0.3, 0.4) is 0 Å². The Balaban J connectivity index is 2.32. The third-order valence-electron chi connectivity index (χ3n) is 2.92. The second kappa shape index (κ2) is 6.86. The number of hydrogen-bond acceptors (Lipinski definition) is 3. The summed E-state index contributed by atoms with van der Waals surface area (Å²) in [7, 11) is 0. The quantitative estimate of drug-likeness (QED) is 0.722. The van der Waals surface area contributed by atoms with Crippen LogP contribution in [0.5, 0.6) is 0 Å². The Bertz CT molecular complexity index is 214. The van der Waals surface area contributed by atoms with Crippen molar-refractivity contribution in [1.82, 2.24) is 4.90 Å². The molecule has 0 unspecified atom stereocenters. The molecule has 94 valence electrons. The summed E-state index contributed by atoms with van der Waals surface area (Å²) >= 11 is 0. The van der Waals surface area contributed by atoms with E-state index in [9.17, 15) is 4.79 Å². The molecule has 4 nitrogen and oxygen atoms in total. The van der Waals surface area contributed by atoms with E-state index < -0.39 is 12.1 Å². The van der Waals surface area contributed by atoms with Crippen molar-refractivity contribution < 1.29 is 14.6 Å². The van der Waals surface area contributed by atoms with Crippen molar-refractivity contribution in [3.63, 3.8) is 0 Å². The van der Waals surface area contributed by atoms with Crippen LogP contribution in [-0.4, -0.2) is 47.8 Å². The first-order chi connectivity index (χ1) is 7.67. The molecule has 0 radical (unpaired) electrons. The third-order valence-corrected chi connectivity index (χ3v) is 2.92. The SMILES string of the molecule is CCCN(CCC)C[C@H]1CC[C@@H](C(=O)O)O1. The summed E-state index contributed by atoms with van der Waals surface area (Å²) in [6.45, 7) is 7.36. The molecule has 1 rings (SSSR count). The molecule has 4 heteroatoms. The van der Waals surface area contributed by atoms with Crippen molar-refractivity contribution >= 4 is 5.97 Å². The van der Waals surface area contributed by atoms with Crippen LogP contribution >= 0.6 is 0 Å². The number of aliphatic carboxylic acids is 1. The van der Waals surface area contributed by atoms with Gasteiger partial charge >= 0.3 is 5.97 Å². The van der Waals surface area contributed by atoms with Gasteiger partial charge in [0.05, 0.1) is 6.10 Å². The molecule has 0 aromatic carbocycles. The molecule has 1 aliphatic rings. The van der Waals surface area contributed by atoms with Gasteiger partial charge in [-0.1, -0.05) is 13.8 Å². The van der Waals surface area contributed by atoms with Gasteiger partial charge in [0.2, 0.25) is 0 Å². The smallest absolute Gasteiger partial charge is 0.332 e. The highest BCUT2D eigenvalue weighted by atomic mass is 16.5.